The van der Waals surface area contributed by atoms with E-state index >= 15 is 0 Å². The Morgan fingerprint density at radius 1 is 1.40 bits per heavy atom. The Hall–Kier alpha value is -2.29. The van der Waals surface area contributed by atoms with Crippen LogP contribution in [-0.2, 0) is 9.53 Å². The maximum absolute atomic E-state index is 12.3. The molecule has 1 aliphatic carbocycles. The second kappa shape index (κ2) is 7.73. The van der Waals surface area contributed by atoms with E-state index in [-0.39, 0.29) is 18.6 Å². The number of hydrogen-bond acceptors (Lipinski definition) is 7. The summed E-state index contributed by atoms with van der Waals surface area (Å²) < 4.78 is 6.56. The summed E-state index contributed by atoms with van der Waals surface area (Å²) in [6, 6.07) is 1.87. The highest BCUT2D eigenvalue weighted by Crippen LogP contribution is 2.29. The van der Waals surface area contributed by atoms with Gasteiger partial charge in [0.25, 0.3) is 5.91 Å². The van der Waals surface area contributed by atoms with Gasteiger partial charge < -0.3 is 10.1 Å². The molecule has 8 nitrogen and oxygen atoms in total. The van der Waals surface area contributed by atoms with Crippen molar-refractivity contribution < 1.29 is 14.3 Å². The number of amides is 1. The molecule has 1 aliphatic rings. The van der Waals surface area contributed by atoms with Crippen molar-refractivity contribution in [3.63, 3.8) is 0 Å². The number of aromatic nitrogens is 4. The van der Waals surface area contributed by atoms with Crippen LogP contribution in [0.5, 0.6) is 0 Å². The van der Waals surface area contributed by atoms with Gasteiger partial charge in [-0.1, -0.05) is 26.7 Å². The SMILES string of the molecule is C[C@H]1[C@H](C)CCC[C@H]1NC(=O)COC(=O)c1sccc1-n1cnnn1. The number of ether oxygens (including phenoxy) is 1. The molecule has 3 atom stereocenters. The van der Waals surface area contributed by atoms with E-state index in [9.17, 15) is 9.59 Å². The first-order chi connectivity index (χ1) is 12.1. The summed E-state index contributed by atoms with van der Waals surface area (Å²) in [7, 11) is 0. The summed E-state index contributed by atoms with van der Waals surface area (Å²) >= 11 is 1.22. The van der Waals surface area contributed by atoms with Gasteiger partial charge in [0.05, 0.1) is 5.69 Å². The fourth-order valence-electron chi connectivity index (χ4n) is 3.14. The van der Waals surface area contributed by atoms with E-state index in [0.717, 1.165) is 12.8 Å². The van der Waals surface area contributed by atoms with Crippen molar-refractivity contribution in [2.24, 2.45) is 11.8 Å². The molecule has 0 saturated heterocycles. The Bertz CT molecular complexity index is 730. The lowest BCUT2D eigenvalue weighted by atomic mass is 9.78. The van der Waals surface area contributed by atoms with E-state index < -0.39 is 5.97 Å². The van der Waals surface area contributed by atoms with Gasteiger partial charge in [0, 0.05) is 6.04 Å². The van der Waals surface area contributed by atoms with Gasteiger partial charge in [-0.2, -0.15) is 4.68 Å². The molecule has 1 saturated carbocycles. The van der Waals surface area contributed by atoms with Crippen molar-refractivity contribution in [1.29, 1.82) is 0 Å². The second-order valence-corrected chi connectivity index (χ2v) is 7.32. The summed E-state index contributed by atoms with van der Waals surface area (Å²) in [4.78, 5) is 24.8. The molecule has 2 aromatic heterocycles. The van der Waals surface area contributed by atoms with Crippen molar-refractivity contribution in [1.82, 2.24) is 25.5 Å². The standard InChI is InChI=1S/C16H21N5O3S/c1-10-4-3-5-12(11(10)2)18-14(22)8-24-16(23)15-13(6-7-25-15)21-9-17-19-20-21/h6-7,9-12H,3-5,8H2,1-2H3,(H,18,22)/t10-,11+,12-/m1/s1. The van der Waals surface area contributed by atoms with Gasteiger partial charge >= 0.3 is 5.97 Å². The highest BCUT2D eigenvalue weighted by molar-refractivity contribution is 7.12. The Kier molecular flexibility index (Phi) is 5.42. The molecule has 9 heteroatoms. The molecule has 0 aromatic carbocycles. The minimum atomic E-state index is -0.555. The number of carbonyl (C=O) groups excluding carboxylic acids is 2. The van der Waals surface area contributed by atoms with Crippen LogP contribution in [0.15, 0.2) is 17.8 Å². The van der Waals surface area contributed by atoms with Crippen LogP contribution in [0.3, 0.4) is 0 Å². The quantitative estimate of drug-likeness (QED) is 0.814. The highest BCUT2D eigenvalue weighted by Gasteiger charge is 2.28. The second-order valence-electron chi connectivity index (χ2n) is 6.41. The molecule has 0 bridgehead atoms. The fourth-order valence-corrected chi connectivity index (χ4v) is 3.91. The number of carbonyl (C=O) groups is 2. The average molecular weight is 363 g/mol. The topological polar surface area (TPSA) is 99.0 Å². The molecule has 2 heterocycles. The summed E-state index contributed by atoms with van der Waals surface area (Å²) in [5.74, 6) is 0.198. The van der Waals surface area contributed by atoms with Crippen LogP contribution >= 0.6 is 11.3 Å². The first-order valence-electron chi connectivity index (χ1n) is 8.33. The molecule has 0 unspecified atom stereocenters. The Morgan fingerprint density at radius 2 is 2.24 bits per heavy atom. The largest absolute Gasteiger partial charge is 0.451 e. The van der Waals surface area contributed by atoms with Crippen molar-refractivity contribution >= 4 is 23.2 Å². The summed E-state index contributed by atoms with van der Waals surface area (Å²) in [5, 5.41) is 15.6. The minimum absolute atomic E-state index is 0.147. The van der Waals surface area contributed by atoms with Crippen molar-refractivity contribution in [2.45, 2.75) is 39.2 Å². The zero-order valence-corrected chi connectivity index (χ0v) is 15.0. The van der Waals surface area contributed by atoms with E-state index in [2.05, 4.69) is 34.7 Å². The van der Waals surface area contributed by atoms with Gasteiger partial charge in [-0.05, 0) is 40.1 Å². The van der Waals surface area contributed by atoms with Gasteiger partial charge in [-0.25, -0.2) is 4.79 Å². The average Bonchev–Trinajstić information content (AvgIpc) is 3.27. The van der Waals surface area contributed by atoms with Crippen LogP contribution in [0.1, 0.15) is 42.8 Å². The minimum Gasteiger partial charge on any atom is -0.451 e. The lowest BCUT2D eigenvalue weighted by molar-refractivity contribution is -0.125. The lowest BCUT2D eigenvalue weighted by Gasteiger charge is -2.34. The summed E-state index contributed by atoms with van der Waals surface area (Å²) in [6.07, 6.45) is 4.68. The molecule has 0 spiro atoms. The number of thiophene rings is 1. The third-order valence-electron chi connectivity index (χ3n) is 4.81. The van der Waals surface area contributed by atoms with Crippen molar-refractivity contribution in [3.8, 4) is 5.69 Å². The van der Waals surface area contributed by atoms with Gasteiger partial charge in [0.2, 0.25) is 0 Å². The molecular formula is C16H21N5O3S. The predicted molar refractivity (Wildman–Crippen MR) is 91.4 cm³/mol. The molecule has 1 N–H and O–H groups in total. The number of tetrazole rings is 1. The van der Waals surface area contributed by atoms with Gasteiger partial charge in [0.15, 0.2) is 6.61 Å². The van der Waals surface area contributed by atoms with E-state index in [1.807, 2.05) is 0 Å². The van der Waals surface area contributed by atoms with E-state index in [1.54, 1.807) is 11.4 Å². The molecule has 2 aromatic rings. The van der Waals surface area contributed by atoms with E-state index in [4.69, 9.17) is 4.74 Å². The van der Waals surface area contributed by atoms with Crippen LogP contribution in [0.2, 0.25) is 0 Å². The number of hydrogen-bond donors (Lipinski definition) is 1. The predicted octanol–water partition coefficient (Wildman–Crippen LogP) is 1.82. The number of esters is 1. The van der Waals surface area contributed by atoms with Gasteiger partial charge in [0.1, 0.15) is 11.2 Å². The molecule has 0 radical (unpaired) electrons. The Morgan fingerprint density at radius 3 is 3.00 bits per heavy atom. The molecule has 0 aliphatic heterocycles. The summed E-state index contributed by atoms with van der Waals surface area (Å²) in [5.41, 5.74) is 0.537. The Balaban J connectivity index is 1.54. The zero-order chi connectivity index (χ0) is 17.8. The van der Waals surface area contributed by atoms with Crippen LogP contribution in [0.25, 0.3) is 5.69 Å². The first kappa shape index (κ1) is 17.5. The molecule has 25 heavy (non-hydrogen) atoms. The molecule has 1 amide bonds. The molecule has 3 rings (SSSR count). The zero-order valence-electron chi connectivity index (χ0n) is 14.2. The van der Waals surface area contributed by atoms with Crippen molar-refractivity contribution in [2.75, 3.05) is 6.61 Å². The molecule has 1 fully saturated rings. The lowest BCUT2D eigenvalue weighted by Crippen LogP contribution is -2.45. The monoisotopic (exact) mass is 363 g/mol. The third-order valence-corrected chi connectivity index (χ3v) is 5.70. The summed E-state index contributed by atoms with van der Waals surface area (Å²) in [6.45, 7) is 4.08. The third kappa shape index (κ3) is 4.04. The van der Waals surface area contributed by atoms with Crippen LogP contribution in [0, 0.1) is 11.8 Å². The van der Waals surface area contributed by atoms with Crippen LogP contribution < -0.4 is 5.32 Å². The fraction of sp³-hybridized carbons (Fsp3) is 0.562. The van der Waals surface area contributed by atoms with Crippen molar-refractivity contribution in [3.05, 3.63) is 22.7 Å². The smallest absolute Gasteiger partial charge is 0.351 e. The normalized spacial score (nSPS) is 23.2. The number of rotatable bonds is 5. The molecular weight excluding hydrogens is 342 g/mol. The maximum atomic E-state index is 12.3. The van der Waals surface area contributed by atoms with Crippen LogP contribution in [0.4, 0.5) is 0 Å². The molecule has 134 valence electrons. The Labute approximate surface area is 149 Å². The number of nitrogens with one attached hydrogen (secondary N) is 1. The number of nitrogens with zero attached hydrogens (tertiary/aromatic N) is 4. The van der Waals surface area contributed by atoms with Crippen LogP contribution in [-0.4, -0.2) is 44.7 Å². The van der Waals surface area contributed by atoms with E-state index in [0.29, 0.717) is 22.4 Å². The maximum Gasteiger partial charge on any atom is 0.351 e. The van der Waals surface area contributed by atoms with Gasteiger partial charge in [-0.15, -0.1) is 16.4 Å². The highest BCUT2D eigenvalue weighted by atomic mass is 32.1. The first-order valence-corrected chi connectivity index (χ1v) is 9.21. The van der Waals surface area contributed by atoms with E-state index in [1.165, 1.54) is 28.8 Å². The van der Waals surface area contributed by atoms with Gasteiger partial charge in [-0.3, -0.25) is 4.79 Å².